The maximum atomic E-state index is 13.1. The molecule has 13 heteroatoms. The number of hydrogen-bond acceptors (Lipinski definition) is 6. The monoisotopic (exact) mass is 553 g/mol. The van der Waals surface area contributed by atoms with E-state index in [0.29, 0.717) is 27.2 Å². The summed E-state index contributed by atoms with van der Waals surface area (Å²) in [6.45, 7) is 7.02. The molecule has 36 heavy (non-hydrogen) atoms. The summed E-state index contributed by atoms with van der Waals surface area (Å²) in [6.07, 6.45) is 0. The third kappa shape index (κ3) is 6.04. The van der Waals surface area contributed by atoms with Crippen molar-refractivity contribution in [2.24, 2.45) is 0 Å². The summed E-state index contributed by atoms with van der Waals surface area (Å²) in [7, 11) is -4.08. The normalized spacial score (nSPS) is 12.1. The highest BCUT2D eigenvalue weighted by Gasteiger charge is 2.27. The van der Waals surface area contributed by atoms with E-state index >= 15 is 0 Å². The number of nitro benzene ring substituents is 1. The Bertz CT molecular complexity index is 1400. The Morgan fingerprint density at radius 3 is 2.28 bits per heavy atom. The number of amides is 1. The lowest BCUT2D eigenvalue weighted by molar-refractivity contribution is -0.384. The zero-order valence-corrected chi connectivity index (χ0v) is 22.4. The molecule has 0 radical (unpaired) electrons. The van der Waals surface area contributed by atoms with Crippen molar-refractivity contribution in [1.29, 1.82) is 0 Å². The average molecular weight is 554 g/mol. The highest BCUT2D eigenvalue weighted by molar-refractivity contribution is 7.89. The van der Waals surface area contributed by atoms with Crippen molar-refractivity contribution in [3.8, 4) is 5.69 Å². The molecule has 192 valence electrons. The summed E-state index contributed by atoms with van der Waals surface area (Å²) in [5.41, 5.74) is 0.672. The second kappa shape index (κ2) is 10.6. The van der Waals surface area contributed by atoms with E-state index in [4.69, 9.17) is 23.2 Å². The van der Waals surface area contributed by atoms with Gasteiger partial charge in [0, 0.05) is 30.2 Å². The van der Waals surface area contributed by atoms with Crippen LogP contribution < -0.4 is 5.32 Å². The number of carbonyl (C=O) groups excluding carboxylic acids is 1. The minimum Gasteiger partial charge on any atom is -0.309 e. The molecule has 0 atom stereocenters. The second-order valence-corrected chi connectivity index (χ2v) is 11.7. The van der Waals surface area contributed by atoms with Gasteiger partial charge in [-0.1, -0.05) is 50.9 Å². The molecule has 0 aliphatic heterocycles. The lowest BCUT2D eigenvalue weighted by atomic mass is 9.92. The third-order valence-electron chi connectivity index (χ3n) is 5.25. The molecule has 3 rings (SSSR count). The Morgan fingerprint density at radius 1 is 1.11 bits per heavy atom. The van der Waals surface area contributed by atoms with Gasteiger partial charge >= 0.3 is 0 Å². The first-order chi connectivity index (χ1) is 16.7. The number of anilines is 1. The van der Waals surface area contributed by atoms with E-state index in [1.807, 2.05) is 20.8 Å². The number of sulfonamides is 1. The van der Waals surface area contributed by atoms with Crippen molar-refractivity contribution >= 4 is 50.6 Å². The van der Waals surface area contributed by atoms with Gasteiger partial charge in [-0.25, -0.2) is 13.1 Å². The average Bonchev–Trinajstić information content (AvgIpc) is 3.23. The van der Waals surface area contributed by atoms with Gasteiger partial charge in [-0.2, -0.15) is 9.40 Å². The highest BCUT2D eigenvalue weighted by atomic mass is 35.5. The molecule has 0 spiro atoms. The molecule has 0 fully saturated rings. The Labute approximate surface area is 219 Å². The molecule has 3 aromatic rings. The van der Waals surface area contributed by atoms with Gasteiger partial charge < -0.3 is 5.32 Å². The van der Waals surface area contributed by atoms with E-state index in [1.165, 1.54) is 4.68 Å². The quantitative estimate of drug-likeness (QED) is 0.307. The van der Waals surface area contributed by atoms with Crippen LogP contribution in [-0.4, -0.2) is 46.4 Å². The molecule has 1 N–H and O–H groups in total. The molecule has 10 nitrogen and oxygen atoms in total. The van der Waals surface area contributed by atoms with Gasteiger partial charge in [-0.3, -0.25) is 14.9 Å². The number of nitro groups is 1. The molecule has 1 aromatic heterocycles. The fraction of sp³-hybridized carbons (Fsp3) is 0.304. The third-order valence-corrected chi connectivity index (χ3v) is 7.93. The first-order valence-electron chi connectivity index (χ1n) is 10.8. The number of rotatable bonds is 8. The molecule has 1 amide bonds. The number of nitrogens with one attached hydrogen (secondary N) is 1. The van der Waals surface area contributed by atoms with Crippen LogP contribution in [0.25, 0.3) is 5.69 Å². The smallest absolute Gasteiger partial charge is 0.269 e. The first-order valence-corrected chi connectivity index (χ1v) is 13.0. The Kier molecular flexibility index (Phi) is 8.09. The van der Waals surface area contributed by atoms with Gasteiger partial charge in [-0.15, -0.1) is 0 Å². The molecule has 0 aliphatic carbocycles. The Balaban J connectivity index is 1.89. The standard InChI is InChI=1S/C23H25Cl2N5O5S/c1-5-28(36(34,35)17-9-6-15(7-10-17)30(32)33)14-22(31)26-21-13-20(23(2,3)4)27-29(21)16-8-11-18(24)19(25)12-16/h6-13H,5,14H2,1-4H3,(H,26,31). The van der Waals surface area contributed by atoms with Crippen molar-refractivity contribution in [3.63, 3.8) is 0 Å². The Hall–Kier alpha value is -2.99. The predicted molar refractivity (Wildman–Crippen MR) is 138 cm³/mol. The molecule has 0 bridgehead atoms. The minimum atomic E-state index is -4.08. The predicted octanol–water partition coefficient (Wildman–Crippen LogP) is 5.03. The van der Waals surface area contributed by atoms with E-state index in [0.717, 1.165) is 28.6 Å². The number of likely N-dealkylation sites (N-methyl/N-ethyl adjacent to an activating group) is 1. The van der Waals surface area contributed by atoms with E-state index in [9.17, 15) is 23.3 Å². The van der Waals surface area contributed by atoms with Crippen molar-refractivity contribution in [3.05, 3.63) is 74.4 Å². The van der Waals surface area contributed by atoms with Crippen molar-refractivity contribution < 1.29 is 18.1 Å². The minimum absolute atomic E-state index is 0.00599. The highest BCUT2D eigenvalue weighted by Crippen LogP contribution is 2.29. The van der Waals surface area contributed by atoms with Crippen LogP contribution in [0.1, 0.15) is 33.4 Å². The Morgan fingerprint density at radius 2 is 1.75 bits per heavy atom. The molecular formula is C23H25Cl2N5O5S. The fourth-order valence-corrected chi connectivity index (χ4v) is 4.95. The number of halogens is 2. The van der Waals surface area contributed by atoms with Gasteiger partial charge in [0.1, 0.15) is 5.82 Å². The van der Waals surface area contributed by atoms with E-state index in [2.05, 4.69) is 10.4 Å². The van der Waals surface area contributed by atoms with E-state index in [1.54, 1.807) is 31.2 Å². The SMILES string of the molecule is CCN(CC(=O)Nc1cc(C(C)(C)C)nn1-c1ccc(Cl)c(Cl)c1)S(=O)(=O)c1ccc([N+](=O)[O-])cc1. The van der Waals surface area contributed by atoms with Crippen LogP contribution in [0.4, 0.5) is 11.5 Å². The van der Waals surface area contributed by atoms with Gasteiger partial charge in [-0.05, 0) is 30.3 Å². The molecule has 0 aliphatic rings. The number of benzene rings is 2. The van der Waals surface area contributed by atoms with Crippen LogP contribution in [-0.2, 0) is 20.2 Å². The lowest BCUT2D eigenvalue weighted by Crippen LogP contribution is -2.38. The van der Waals surface area contributed by atoms with Crippen LogP contribution in [0.2, 0.25) is 10.0 Å². The largest absolute Gasteiger partial charge is 0.309 e. The van der Waals surface area contributed by atoms with Crippen LogP contribution in [0.3, 0.4) is 0 Å². The summed E-state index contributed by atoms with van der Waals surface area (Å²) in [6, 6.07) is 11.1. The maximum absolute atomic E-state index is 13.1. The summed E-state index contributed by atoms with van der Waals surface area (Å²) in [5, 5.41) is 18.9. The lowest BCUT2D eigenvalue weighted by Gasteiger charge is -2.20. The summed E-state index contributed by atoms with van der Waals surface area (Å²) < 4.78 is 28.6. The molecule has 2 aromatic carbocycles. The zero-order chi connectivity index (χ0) is 26.8. The summed E-state index contributed by atoms with van der Waals surface area (Å²) in [5.74, 6) is -0.267. The number of non-ortho nitro benzene ring substituents is 1. The van der Waals surface area contributed by atoms with E-state index < -0.39 is 27.4 Å². The van der Waals surface area contributed by atoms with Crippen LogP contribution >= 0.6 is 23.2 Å². The summed E-state index contributed by atoms with van der Waals surface area (Å²) >= 11 is 12.2. The molecule has 1 heterocycles. The molecular weight excluding hydrogens is 529 g/mol. The number of aromatic nitrogens is 2. The summed E-state index contributed by atoms with van der Waals surface area (Å²) in [4.78, 5) is 23.1. The molecule has 0 saturated heterocycles. The van der Waals surface area contributed by atoms with Crippen molar-refractivity contribution in [1.82, 2.24) is 14.1 Å². The topological polar surface area (TPSA) is 127 Å². The van der Waals surface area contributed by atoms with Gasteiger partial charge in [0.15, 0.2) is 0 Å². The van der Waals surface area contributed by atoms with Gasteiger partial charge in [0.2, 0.25) is 15.9 Å². The maximum Gasteiger partial charge on any atom is 0.269 e. The van der Waals surface area contributed by atoms with Crippen LogP contribution in [0.15, 0.2) is 53.4 Å². The fourth-order valence-electron chi connectivity index (χ4n) is 3.25. The van der Waals surface area contributed by atoms with Crippen LogP contribution in [0.5, 0.6) is 0 Å². The number of carbonyl (C=O) groups is 1. The van der Waals surface area contributed by atoms with Crippen LogP contribution in [0, 0.1) is 10.1 Å². The number of nitrogens with zero attached hydrogens (tertiary/aromatic N) is 4. The first kappa shape index (κ1) is 27.6. The number of hydrogen-bond donors (Lipinski definition) is 1. The zero-order valence-electron chi connectivity index (χ0n) is 20.0. The second-order valence-electron chi connectivity index (χ2n) is 8.91. The van der Waals surface area contributed by atoms with Gasteiger partial charge in [0.05, 0.1) is 37.8 Å². The van der Waals surface area contributed by atoms with Crippen molar-refractivity contribution in [2.75, 3.05) is 18.4 Å². The van der Waals surface area contributed by atoms with Crippen molar-refractivity contribution in [2.45, 2.75) is 38.0 Å². The molecule has 0 saturated carbocycles. The van der Waals surface area contributed by atoms with E-state index in [-0.39, 0.29) is 22.5 Å². The van der Waals surface area contributed by atoms with Gasteiger partial charge in [0.25, 0.3) is 5.69 Å². The molecule has 0 unspecified atom stereocenters.